The van der Waals surface area contributed by atoms with Crippen molar-refractivity contribution in [2.45, 2.75) is 29.5 Å². The van der Waals surface area contributed by atoms with Crippen LogP contribution in [0.3, 0.4) is 0 Å². The van der Waals surface area contributed by atoms with Gasteiger partial charge in [-0.25, -0.2) is 0 Å². The van der Waals surface area contributed by atoms with Crippen molar-refractivity contribution in [3.05, 3.63) is 30.3 Å². The molecule has 1 unspecified atom stereocenters. The summed E-state index contributed by atoms with van der Waals surface area (Å²) >= 11 is 4.70. The summed E-state index contributed by atoms with van der Waals surface area (Å²) in [6.45, 7) is 2.08. The molecule has 0 aliphatic rings. The third-order valence-corrected chi connectivity index (χ3v) is 3.93. The van der Waals surface area contributed by atoms with Gasteiger partial charge in [-0.2, -0.15) is 0 Å². The normalized spacial score (nSPS) is 12.4. The number of hydrogen-bond acceptors (Lipinski definition) is 2. The van der Waals surface area contributed by atoms with Crippen molar-refractivity contribution < 1.29 is 4.79 Å². The molecule has 1 nitrogen and oxygen atoms in total. The van der Waals surface area contributed by atoms with Crippen LogP contribution in [0, 0.1) is 0 Å². The number of carbonyl (C=O) groups is 1. The van der Waals surface area contributed by atoms with Crippen LogP contribution in [0.2, 0.25) is 0 Å². The van der Waals surface area contributed by atoms with Gasteiger partial charge in [0.15, 0.2) is 0 Å². The highest BCUT2D eigenvalue weighted by Crippen LogP contribution is 2.24. The number of hydrogen-bond donors (Lipinski definition) is 0. The van der Waals surface area contributed by atoms with Crippen molar-refractivity contribution in [1.29, 1.82) is 0 Å². The maximum absolute atomic E-state index is 11.6. The van der Waals surface area contributed by atoms with Gasteiger partial charge in [-0.15, -0.1) is 0 Å². The summed E-state index contributed by atoms with van der Waals surface area (Å²) in [4.78, 5) is 12.6. The van der Waals surface area contributed by atoms with Gasteiger partial charge in [0.1, 0.15) is 0 Å². The van der Waals surface area contributed by atoms with Gasteiger partial charge in [0.2, 0.25) is 5.12 Å². The molecule has 1 aromatic rings. The van der Waals surface area contributed by atoms with Crippen LogP contribution in [0.5, 0.6) is 0 Å². The molecule has 1 aromatic carbocycles. The molecule has 0 heterocycles. The fraction of sp³-hybridized carbons (Fsp3) is 0.364. The summed E-state index contributed by atoms with van der Waals surface area (Å²) < 4.78 is 0. The van der Waals surface area contributed by atoms with E-state index in [9.17, 15) is 4.79 Å². The lowest BCUT2D eigenvalue weighted by Gasteiger charge is -2.05. The Morgan fingerprint density at radius 2 is 2.07 bits per heavy atom. The molecule has 0 aliphatic carbocycles. The van der Waals surface area contributed by atoms with Crippen molar-refractivity contribution >= 4 is 32.8 Å². The molecular weight excluding hydrogens is 260 g/mol. The van der Waals surface area contributed by atoms with Crippen LogP contribution >= 0.6 is 27.7 Å². The molecule has 0 radical (unpaired) electrons. The van der Waals surface area contributed by atoms with E-state index >= 15 is 0 Å². The number of rotatable bonds is 4. The number of carbonyl (C=O) groups excluding carboxylic acids is 1. The minimum Gasteiger partial charge on any atom is -0.286 e. The summed E-state index contributed by atoms with van der Waals surface area (Å²) in [6.07, 6.45) is 1.93. The Hall–Kier alpha value is -0.280. The fourth-order valence-corrected chi connectivity index (χ4v) is 2.55. The van der Waals surface area contributed by atoms with E-state index in [4.69, 9.17) is 0 Å². The summed E-state index contributed by atoms with van der Waals surface area (Å²) in [6, 6.07) is 9.74. The third-order valence-electron chi connectivity index (χ3n) is 1.76. The molecule has 1 atom stereocenters. The highest BCUT2D eigenvalue weighted by atomic mass is 79.9. The van der Waals surface area contributed by atoms with Crippen LogP contribution in [-0.4, -0.2) is 9.94 Å². The van der Waals surface area contributed by atoms with Crippen LogP contribution in [-0.2, 0) is 4.79 Å². The standard InChI is InChI=1S/C11H13BrOS/c1-2-6-10(12)11(13)14-9-7-4-3-5-8-9/h3-5,7-8,10H,2,6H2,1H3. The van der Waals surface area contributed by atoms with E-state index in [2.05, 4.69) is 22.9 Å². The third kappa shape index (κ3) is 3.84. The first-order valence-corrected chi connectivity index (χ1v) is 6.38. The van der Waals surface area contributed by atoms with E-state index in [0.717, 1.165) is 17.7 Å². The van der Waals surface area contributed by atoms with Gasteiger partial charge in [0.25, 0.3) is 0 Å². The lowest BCUT2D eigenvalue weighted by Crippen LogP contribution is -2.08. The Morgan fingerprint density at radius 1 is 1.43 bits per heavy atom. The summed E-state index contributed by atoms with van der Waals surface area (Å²) in [5, 5.41) is 0.193. The summed E-state index contributed by atoms with van der Waals surface area (Å²) in [5.41, 5.74) is 0. The smallest absolute Gasteiger partial charge is 0.207 e. The second-order valence-electron chi connectivity index (χ2n) is 2.99. The zero-order valence-corrected chi connectivity index (χ0v) is 10.5. The monoisotopic (exact) mass is 272 g/mol. The highest BCUT2D eigenvalue weighted by molar-refractivity contribution is 9.10. The Morgan fingerprint density at radius 3 is 2.64 bits per heavy atom. The van der Waals surface area contributed by atoms with E-state index < -0.39 is 0 Å². The van der Waals surface area contributed by atoms with E-state index in [1.807, 2.05) is 30.3 Å². The van der Waals surface area contributed by atoms with Gasteiger partial charge in [0, 0.05) is 4.90 Å². The van der Waals surface area contributed by atoms with Gasteiger partial charge in [-0.05, 0) is 18.6 Å². The second kappa shape index (κ2) is 6.25. The molecule has 0 aromatic heterocycles. The SMILES string of the molecule is CCCC(Br)C(=O)Sc1ccccc1. The number of thioether (sulfide) groups is 1. The predicted molar refractivity (Wildman–Crippen MR) is 64.9 cm³/mol. The van der Waals surface area contributed by atoms with Crippen molar-refractivity contribution in [3.8, 4) is 0 Å². The fourth-order valence-electron chi connectivity index (χ4n) is 1.04. The lowest BCUT2D eigenvalue weighted by molar-refractivity contribution is -0.110. The van der Waals surface area contributed by atoms with Gasteiger partial charge >= 0.3 is 0 Å². The maximum Gasteiger partial charge on any atom is 0.207 e. The number of halogens is 1. The van der Waals surface area contributed by atoms with Gasteiger partial charge in [0.05, 0.1) is 4.83 Å². The van der Waals surface area contributed by atoms with E-state index in [1.165, 1.54) is 11.8 Å². The van der Waals surface area contributed by atoms with E-state index in [0.29, 0.717) is 0 Å². The largest absolute Gasteiger partial charge is 0.286 e. The zero-order chi connectivity index (χ0) is 10.4. The van der Waals surface area contributed by atoms with Crippen molar-refractivity contribution in [2.24, 2.45) is 0 Å². The Labute approximate surface area is 97.4 Å². The average Bonchev–Trinajstić information content (AvgIpc) is 2.19. The molecule has 76 valence electrons. The van der Waals surface area contributed by atoms with Gasteiger partial charge in [-0.1, -0.05) is 59.2 Å². The van der Waals surface area contributed by atoms with Crippen LogP contribution in [0.4, 0.5) is 0 Å². The summed E-state index contributed by atoms with van der Waals surface area (Å²) in [7, 11) is 0. The molecule has 0 spiro atoms. The summed E-state index contributed by atoms with van der Waals surface area (Å²) in [5.74, 6) is 0. The minimum atomic E-state index is -0.0160. The lowest BCUT2D eigenvalue weighted by atomic mass is 10.3. The van der Waals surface area contributed by atoms with E-state index in [1.54, 1.807) is 0 Å². The predicted octanol–water partition coefficient (Wildman–Crippen LogP) is 3.87. The Balaban J connectivity index is 2.49. The van der Waals surface area contributed by atoms with Gasteiger partial charge < -0.3 is 0 Å². The van der Waals surface area contributed by atoms with Gasteiger partial charge in [-0.3, -0.25) is 4.79 Å². The average molecular weight is 273 g/mol. The van der Waals surface area contributed by atoms with E-state index in [-0.39, 0.29) is 9.94 Å². The minimum absolute atomic E-state index is 0.0160. The molecule has 1 rings (SSSR count). The first kappa shape index (κ1) is 11.8. The molecular formula is C11H13BrOS. The van der Waals surface area contributed by atoms with Crippen molar-refractivity contribution in [2.75, 3.05) is 0 Å². The molecule has 14 heavy (non-hydrogen) atoms. The topological polar surface area (TPSA) is 17.1 Å². The Bertz CT molecular complexity index is 287. The first-order valence-electron chi connectivity index (χ1n) is 4.65. The van der Waals surface area contributed by atoms with Crippen LogP contribution < -0.4 is 0 Å². The second-order valence-corrected chi connectivity index (χ2v) is 5.17. The zero-order valence-electron chi connectivity index (χ0n) is 8.07. The first-order chi connectivity index (χ1) is 6.74. The molecule has 0 saturated carbocycles. The van der Waals surface area contributed by atoms with Crippen LogP contribution in [0.15, 0.2) is 35.2 Å². The number of alkyl halides is 1. The molecule has 3 heteroatoms. The molecule has 0 aliphatic heterocycles. The van der Waals surface area contributed by atoms with Crippen molar-refractivity contribution in [3.63, 3.8) is 0 Å². The molecule has 0 N–H and O–H groups in total. The maximum atomic E-state index is 11.6. The molecule has 0 saturated heterocycles. The quantitative estimate of drug-likeness (QED) is 0.612. The van der Waals surface area contributed by atoms with Crippen LogP contribution in [0.1, 0.15) is 19.8 Å². The molecule has 0 fully saturated rings. The number of benzene rings is 1. The van der Waals surface area contributed by atoms with Crippen molar-refractivity contribution in [1.82, 2.24) is 0 Å². The highest BCUT2D eigenvalue weighted by Gasteiger charge is 2.14. The molecule has 0 amide bonds. The van der Waals surface area contributed by atoms with Crippen LogP contribution in [0.25, 0.3) is 0 Å². The molecule has 0 bridgehead atoms. The Kier molecular flexibility index (Phi) is 5.26.